The number of likely N-dealkylation sites (tertiary alicyclic amines) is 1. The molecule has 4 heteroatoms. The zero-order chi connectivity index (χ0) is 14.8. The third kappa shape index (κ3) is 2.87. The van der Waals surface area contributed by atoms with Crippen molar-refractivity contribution in [3.8, 4) is 5.75 Å². The lowest BCUT2D eigenvalue weighted by atomic mass is 10.0. The van der Waals surface area contributed by atoms with Gasteiger partial charge in [-0.2, -0.15) is 0 Å². The molecule has 2 aliphatic rings. The predicted octanol–water partition coefficient (Wildman–Crippen LogP) is 2.39. The number of hydrogen-bond acceptors (Lipinski definition) is 4. The van der Waals surface area contributed by atoms with E-state index in [-0.39, 0.29) is 6.04 Å². The third-order valence-electron chi connectivity index (χ3n) is 4.88. The molecule has 0 aliphatic carbocycles. The lowest BCUT2D eigenvalue weighted by molar-refractivity contribution is 0.260. The van der Waals surface area contributed by atoms with Gasteiger partial charge in [0.25, 0.3) is 0 Å². The van der Waals surface area contributed by atoms with Crippen molar-refractivity contribution in [2.24, 2.45) is 5.73 Å². The van der Waals surface area contributed by atoms with Gasteiger partial charge >= 0.3 is 0 Å². The van der Waals surface area contributed by atoms with Crippen molar-refractivity contribution < 1.29 is 4.74 Å². The van der Waals surface area contributed by atoms with E-state index >= 15 is 0 Å². The highest BCUT2D eigenvalue weighted by atomic mass is 16.5. The molecule has 3 rings (SSSR count). The van der Waals surface area contributed by atoms with E-state index in [4.69, 9.17) is 10.5 Å². The van der Waals surface area contributed by atoms with E-state index in [9.17, 15) is 0 Å². The summed E-state index contributed by atoms with van der Waals surface area (Å²) in [5, 5.41) is 0. The Morgan fingerprint density at radius 2 is 2.00 bits per heavy atom. The molecule has 2 fully saturated rings. The molecule has 0 bridgehead atoms. The molecule has 1 aromatic carbocycles. The molecule has 0 spiro atoms. The van der Waals surface area contributed by atoms with E-state index in [1.54, 1.807) is 7.11 Å². The Kier molecular flexibility index (Phi) is 4.36. The number of nitrogens with zero attached hydrogens (tertiary/aromatic N) is 2. The molecule has 0 saturated carbocycles. The van der Waals surface area contributed by atoms with Gasteiger partial charge in [0.2, 0.25) is 0 Å². The molecule has 2 atom stereocenters. The molecule has 2 saturated heterocycles. The first-order chi connectivity index (χ1) is 10.2. The first-order valence-corrected chi connectivity index (χ1v) is 8.12. The van der Waals surface area contributed by atoms with Crippen LogP contribution in [0, 0.1) is 0 Å². The summed E-state index contributed by atoms with van der Waals surface area (Å²) in [5.74, 6) is 0.909. The van der Waals surface area contributed by atoms with Crippen LogP contribution in [0.5, 0.6) is 5.75 Å². The number of methoxy groups -OCH3 is 1. The largest absolute Gasteiger partial charge is 0.496 e. The molecule has 2 aliphatic heterocycles. The Morgan fingerprint density at radius 3 is 2.67 bits per heavy atom. The van der Waals surface area contributed by atoms with Crippen LogP contribution in [0.3, 0.4) is 0 Å². The van der Waals surface area contributed by atoms with Crippen LogP contribution in [0.4, 0.5) is 5.69 Å². The van der Waals surface area contributed by atoms with Crippen LogP contribution in [-0.4, -0.2) is 44.2 Å². The van der Waals surface area contributed by atoms with Crippen molar-refractivity contribution in [3.63, 3.8) is 0 Å². The van der Waals surface area contributed by atoms with Crippen molar-refractivity contribution in [2.45, 2.75) is 38.3 Å². The minimum Gasteiger partial charge on any atom is -0.496 e. The lowest BCUT2D eigenvalue weighted by Crippen LogP contribution is -2.35. The fourth-order valence-electron chi connectivity index (χ4n) is 3.81. The van der Waals surface area contributed by atoms with Crippen LogP contribution in [0.25, 0.3) is 0 Å². The summed E-state index contributed by atoms with van der Waals surface area (Å²) in [6.07, 6.45) is 3.98. The van der Waals surface area contributed by atoms with Crippen molar-refractivity contribution in [2.75, 3.05) is 38.2 Å². The fourth-order valence-corrected chi connectivity index (χ4v) is 3.81. The Bertz CT molecular complexity index is 483. The van der Waals surface area contributed by atoms with Crippen LogP contribution < -0.4 is 15.4 Å². The molecule has 4 nitrogen and oxygen atoms in total. The second kappa shape index (κ2) is 6.24. The number of benzene rings is 1. The van der Waals surface area contributed by atoms with Gasteiger partial charge in [0.1, 0.15) is 5.75 Å². The van der Waals surface area contributed by atoms with Crippen molar-refractivity contribution in [3.05, 3.63) is 23.8 Å². The Morgan fingerprint density at radius 1 is 1.24 bits per heavy atom. The van der Waals surface area contributed by atoms with E-state index in [1.807, 2.05) is 13.0 Å². The number of nitrogens with two attached hydrogens (primary N) is 1. The minimum atomic E-state index is -0.0120. The van der Waals surface area contributed by atoms with Gasteiger partial charge in [-0.25, -0.2) is 0 Å². The van der Waals surface area contributed by atoms with E-state index in [1.165, 1.54) is 38.0 Å². The van der Waals surface area contributed by atoms with Crippen molar-refractivity contribution in [1.82, 2.24) is 4.90 Å². The quantitative estimate of drug-likeness (QED) is 0.924. The van der Waals surface area contributed by atoms with Gasteiger partial charge in [0, 0.05) is 36.4 Å². The topological polar surface area (TPSA) is 41.7 Å². The highest BCUT2D eigenvalue weighted by Gasteiger charge is 2.31. The molecular weight excluding hydrogens is 262 g/mol. The summed E-state index contributed by atoms with van der Waals surface area (Å²) in [6.45, 7) is 6.82. The molecule has 0 amide bonds. The maximum Gasteiger partial charge on any atom is 0.125 e. The van der Waals surface area contributed by atoms with Gasteiger partial charge in [-0.3, -0.25) is 4.90 Å². The van der Waals surface area contributed by atoms with E-state index in [2.05, 4.69) is 21.9 Å². The maximum atomic E-state index is 6.20. The second-order valence-corrected chi connectivity index (χ2v) is 6.31. The zero-order valence-electron chi connectivity index (χ0n) is 13.2. The fraction of sp³-hybridized carbons (Fsp3) is 0.647. The van der Waals surface area contributed by atoms with Crippen LogP contribution in [0.15, 0.2) is 18.2 Å². The highest BCUT2D eigenvalue weighted by Crippen LogP contribution is 2.36. The van der Waals surface area contributed by atoms with Crippen molar-refractivity contribution in [1.29, 1.82) is 0 Å². The summed E-state index contributed by atoms with van der Waals surface area (Å²) in [7, 11) is 1.72. The number of anilines is 1. The summed E-state index contributed by atoms with van der Waals surface area (Å²) >= 11 is 0. The third-order valence-corrected chi connectivity index (χ3v) is 4.88. The van der Waals surface area contributed by atoms with Crippen LogP contribution in [0.2, 0.25) is 0 Å². The normalized spacial score (nSPS) is 24.5. The standard InChI is InChI=1S/C17H27N3O/c1-13(18)17-15(6-5-7-16(17)21-2)20-11-8-14(12-20)19-9-3-4-10-19/h5-7,13-14H,3-4,8-12,18H2,1-2H3. The predicted molar refractivity (Wildman–Crippen MR) is 87.0 cm³/mol. The maximum absolute atomic E-state index is 6.20. The highest BCUT2D eigenvalue weighted by molar-refractivity contribution is 5.61. The smallest absolute Gasteiger partial charge is 0.125 e. The molecule has 2 unspecified atom stereocenters. The Hall–Kier alpha value is -1.26. The average Bonchev–Trinajstić information content (AvgIpc) is 3.16. The Labute approximate surface area is 127 Å². The van der Waals surface area contributed by atoms with E-state index in [0.717, 1.165) is 24.4 Å². The first kappa shape index (κ1) is 14.7. The van der Waals surface area contributed by atoms with Crippen LogP contribution in [-0.2, 0) is 0 Å². The number of hydrogen-bond donors (Lipinski definition) is 1. The van der Waals surface area contributed by atoms with Gasteiger partial charge in [-0.1, -0.05) is 6.07 Å². The lowest BCUT2D eigenvalue weighted by Gasteiger charge is -2.27. The van der Waals surface area contributed by atoms with E-state index < -0.39 is 0 Å². The molecule has 2 N–H and O–H groups in total. The molecule has 2 heterocycles. The van der Waals surface area contributed by atoms with Gasteiger partial charge in [0.05, 0.1) is 7.11 Å². The van der Waals surface area contributed by atoms with Crippen LogP contribution >= 0.6 is 0 Å². The summed E-state index contributed by atoms with van der Waals surface area (Å²) in [4.78, 5) is 5.15. The van der Waals surface area contributed by atoms with E-state index in [0.29, 0.717) is 6.04 Å². The van der Waals surface area contributed by atoms with Gasteiger partial charge in [-0.05, 0) is 51.4 Å². The molecule has 21 heavy (non-hydrogen) atoms. The second-order valence-electron chi connectivity index (χ2n) is 6.31. The summed E-state index contributed by atoms with van der Waals surface area (Å²) in [5.41, 5.74) is 8.59. The van der Waals surface area contributed by atoms with Gasteiger partial charge < -0.3 is 15.4 Å². The van der Waals surface area contributed by atoms with Crippen molar-refractivity contribution >= 4 is 5.69 Å². The molecule has 116 valence electrons. The molecule has 1 aromatic rings. The first-order valence-electron chi connectivity index (χ1n) is 8.12. The molecule has 0 aromatic heterocycles. The number of ether oxygens (including phenoxy) is 1. The minimum absolute atomic E-state index is 0.0120. The van der Waals surface area contributed by atoms with Gasteiger partial charge in [0.15, 0.2) is 0 Å². The monoisotopic (exact) mass is 289 g/mol. The average molecular weight is 289 g/mol. The SMILES string of the molecule is COc1cccc(N2CCC(N3CCCC3)C2)c1C(C)N. The Balaban J connectivity index is 1.81. The molecule has 0 radical (unpaired) electrons. The van der Waals surface area contributed by atoms with Gasteiger partial charge in [-0.15, -0.1) is 0 Å². The van der Waals surface area contributed by atoms with Crippen LogP contribution in [0.1, 0.15) is 37.8 Å². The summed E-state index contributed by atoms with van der Waals surface area (Å²) < 4.78 is 5.52. The summed E-state index contributed by atoms with van der Waals surface area (Å²) in [6, 6.07) is 6.97. The molecular formula is C17H27N3O. The zero-order valence-corrected chi connectivity index (χ0v) is 13.2. The number of rotatable bonds is 4.